The average Bonchev–Trinajstić information content (AvgIpc) is 3.27. The van der Waals surface area contributed by atoms with Crippen LogP contribution in [0.2, 0.25) is 0 Å². The minimum Gasteiger partial charge on any atom is -0.494 e. The summed E-state index contributed by atoms with van der Waals surface area (Å²) < 4.78 is 11.5. The molecular formula is C24H33N3O3. The minimum atomic E-state index is 0.142. The summed E-state index contributed by atoms with van der Waals surface area (Å²) in [4.78, 5) is 21.4. The van der Waals surface area contributed by atoms with Crippen LogP contribution in [-0.4, -0.2) is 60.0 Å². The number of likely N-dealkylation sites (tertiary alicyclic amines) is 2. The third kappa shape index (κ3) is 5.85. The zero-order chi connectivity index (χ0) is 20.6. The molecule has 1 aromatic carbocycles. The van der Waals surface area contributed by atoms with Crippen LogP contribution < -0.4 is 4.74 Å². The molecule has 0 radical (unpaired) electrons. The Morgan fingerprint density at radius 3 is 2.40 bits per heavy atom. The quantitative estimate of drug-likeness (QED) is 0.611. The number of nitrogens with zero attached hydrogens (tertiary/aromatic N) is 3. The Balaban J connectivity index is 1.23. The molecule has 0 N–H and O–H groups in total. The normalized spacial score (nSPS) is 17.8. The SMILES string of the molecule is O=C(Cc1coc(-c2ccc(OCCCN3CCCCC3)cc2)n1)N1CCCCC1. The van der Waals surface area contributed by atoms with Crippen LogP contribution in [0, 0.1) is 0 Å². The molecule has 2 aliphatic rings. The fourth-order valence-corrected chi connectivity index (χ4v) is 4.29. The summed E-state index contributed by atoms with van der Waals surface area (Å²) in [5, 5.41) is 0. The van der Waals surface area contributed by atoms with Crippen molar-refractivity contribution in [1.82, 2.24) is 14.8 Å². The van der Waals surface area contributed by atoms with E-state index < -0.39 is 0 Å². The predicted molar refractivity (Wildman–Crippen MR) is 116 cm³/mol. The Labute approximate surface area is 179 Å². The number of aromatic nitrogens is 1. The van der Waals surface area contributed by atoms with E-state index in [0.29, 0.717) is 18.0 Å². The number of oxazole rings is 1. The van der Waals surface area contributed by atoms with Gasteiger partial charge in [-0.05, 0) is 75.9 Å². The van der Waals surface area contributed by atoms with E-state index in [4.69, 9.17) is 9.15 Å². The van der Waals surface area contributed by atoms with Crippen molar-refractivity contribution >= 4 is 5.91 Å². The molecule has 2 aliphatic heterocycles. The van der Waals surface area contributed by atoms with E-state index in [1.54, 1.807) is 6.26 Å². The first-order chi connectivity index (χ1) is 14.8. The van der Waals surface area contributed by atoms with Crippen LogP contribution in [0.3, 0.4) is 0 Å². The van der Waals surface area contributed by atoms with E-state index >= 15 is 0 Å². The maximum Gasteiger partial charge on any atom is 0.228 e. The van der Waals surface area contributed by atoms with Crippen molar-refractivity contribution in [2.75, 3.05) is 39.3 Å². The number of hydrogen-bond donors (Lipinski definition) is 0. The van der Waals surface area contributed by atoms with Crippen LogP contribution in [0.1, 0.15) is 50.6 Å². The van der Waals surface area contributed by atoms with Gasteiger partial charge in [0.1, 0.15) is 12.0 Å². The Kier molecular flexibility index (Phi) is 7.40. The average molecular weight is 412 g/mol. The van der Waals surface area contributed by atoms with E-state index in [1.807, 2.05) is 29.2 Å². The van der Waals surface area contributed by atoms with Crippen LogP contribution >= 0.6 is 0 Å². The predicted octanol–water partition coefficient (Wildman–Crippen LogP) is 4.15. The Morgan fingerprint density at radius 1 is 0.967 bits per heavy atom. The number of benzene rings is 1. The van der Waals surface area contributed by atoms with Gasteiger partial charge in [0.25, 0.3) is 0 Å². The van der Waals surface area contributed by atoms with Crippen LogP contribution in [0.25, 0.3) is 11.5 Å². The highest BCUT2D eigenvalue weighted by Crippen LogP contribution is 2.23. The lowest BCUT2D eigenvalue weighted by atomic mass is 10.1. The third-order valence-electron chi connectivity index (χ3n) is 6.03. The maximum atomic E-state index is 12.4. The number of piperidine rings is 2. The molecular weight excluding hydrogens is 378 g/mol. The van der Waals surface area contributed by atoms with E-state index in [0.717, 1.165) is 56.8 Å². The highest BCUT2D eigenvalue weighted by molar-refractivity contribution is 5.78. The van der Waals surface area contributed by atoms with Crippen LogP contribution in [0.5, 0.6) is 5.75 Å². The molecule has 0 atom stereocenters. The summed E-state index contributed by atoms with van der Waals surface area (Å²) in [6, 6.07) is 7.84. The minimum absolute atomic E-state index is 0.142. The van der Waals surface area contributed by atoms with Crippen LogP contribution in [-0.2, 0) is 11.2 Å². The molecule has 0 aliphatic carbocycles. The van der Waals surface area contributed by atoms with Crippen molar-refractivity contribution in [3.05, 3.63) is 36.2 Å². The summed E-state index contributed by atoms with van der Waals surface area (Å²) in [5.74, 6) is 1.56. The Hall–Kier alpha value is -2.34. The molecule has 0 bridgehead atoms. The van der Waals surface area contributed by atoms with Crippen molar-refractivity contribution in [2.45, 2.75) is 51.4 Å². The molecule has 0 saturated carbocycles. The van der Waals surface area contributed by atoms with Gasteiger partial charge >= 0.3 is 0 Å². The van der Waals surface area contributed by atoms with Crippen molar-refractivity contribution in [2.24, 2.45) is 0 Å². The molecule has 162 valence electrons. The van der Waals surface area contributed by atoms with Gasteiger partial charge in [-0.2, -0.15) is 0 Å². The lowest BCUT2D eigenvalue weighted by Crippen LogP contribution is -2.36. The molecule has 2 fully saturated rings. The highest BCUT2D eigenvalue weighted by atomic mass is 16.5. The largest absolute Gasteiger partial charge is 0.494 e. The summed E-state index contributed by atoms with van der Waals surface area (Å²) in [7, 11) is 0. The zero-order valence-electron chi connectivity index (χ0n) is 17.9. The van der Waals surface area contributed by atoms with Gasteiger partial charge in [-0.3, -0.25) is 4.79 Å². The zero-order valence-corrected chi connectivity index (χ0v) is 17.9. The van der Waals surface area contributed by atoms with Crippen LogP contribution in [0.15, 0.2) is 34.9 Å². The number of ether oxygens (including phenoxy) is 1. The second-order valence-electron chi connectivity index (χ2n) is 8.39. The first kappa shape index (κ1) is 20.9. The van der Waals surface area contributed by atoms with E-state index in [9.17, 15) is 4.79 Å². The molecule has 30 heavy (non-hydrogen) atoms. The number of rotatable bonds is 8. The molecule has 6 nitrogen and oxygen atoms in total. The van der Waals surface area contributed by atoms with Crippen molar-refractivity contribution < 1.29 is 13.9 Å². The first-order valence-corrected chi connectivity index (χ1v) is 11.5. The highest BCUT2D eigenvalue weighted by Gasteiger charge is 2.18. The van der Waals surface area contributed by atoms with Gasteiger partial charge in [-0.15, -0.1) is 0 Å². The molecule has 3 heterocycles. The fraction of sp³-hybridized carbons (Fsp3) is 0.583. The molecule has 2 aromatic rings. The van der Waals surface area contributed by atoms with E-state index in [1.165, 1.54) is 38.8 Å². The maximum absolute atomic E-state index is 12.4. The van der Waals surface area contributed by atoms with E-state index in [-0.39, 0.29) is 5.91 Å². The molecule has 4 rings (SSSR count). The molecule has 2 saturated heterocycles. The van der Waals surface area contributed by atoms with Crippen LogP contribution in [0.4, 0.5) is 0 Å². The van der Waals surface area contributed by atoms with Gasteiger partial charge in [0, 0.05) is 25.2 Å². The van der Waals surface area contributed by atoms with Gasteiger partial charge in [-0.25, -0.2) is 4.98 Å². The number of amides is 1. The second-order valence-corrected chi connectivity index (χ2v) is 8.39. The summed E-state index contributed by atoms with van der Waals surface area (Å²) >= 11 is 0. The van der Waals surface area contributed by atoms with Gasteiger partial charge < -0.3 is 19.0 Å². The van der Waals surface area contributed by atoms with Gasteiger partial charge in [0.2, 0.25) is 11.8 Å². The topological polar surface area (TPSA) is 58.8 Å². The van der Waals surface area contributed by atoms with Gasteiger partial charge in [0.05, 0.1) is 18.7 Å². The van der Waals surface area contributed by atoms with Crippen molar-refractivity contribution in [3.63, 3.8) is 0 Å². The van der Waals surface area contributed by atoms with E-state index in [2.05, 4.69) is 9.88 Å². The van der Waals surface area contributed by atoms with Crippen molar-refractivity contribution in [1.29, 1.82) is 0 Å². The smallest absolute Gasteiger partial charge is 0.228 e. The Bertz CT molecular complexity index is 790. The number of carbonyl (C=O) groups is 1. The molecule has 0 spiro atoms. The Morgan fingerprint density at radius 2 is 1.67 bits per heavy atom. The van der Waals surface area contributed by atoms with Crippen molar-refractivity contribution in [3.8, 4) is 17.2 Å². The lowest BCUT2D eigenvalue weighted by molar-refractivity contribution is -0.131. The summed E-state index contributed by atoms with van der Waals surface area (Å²) in [6.45, 7) is 6.05. The third-order valence-corrected chi connectivity index (χ3v) is 6.03. The monoisotopic (exact) mass is 411 g/mol. The van der Waals surface area contributed by atoms with Gasteiger partial charge in [-0.1, -0.05) is 6.42 Å². The fourth-order valence-electron chi connectivity index (χ4n) is 4.29. The first-order valence-electron chi connectivity index (χ1n) is 11.5. The standard InChI is InChI=1S/C24H33N3O3/c28-23(27-15-5-2-6-16-27)18-21-19-30-24(25-21)20-8-10-22(11-9-20)29-17-7-14-26-12-3-1-4-13-26/h8-11,19H,1-7,12-18H2. The number of carbonyl (C=O) groups excluding carboxylic acids is 1. The lowest BCUT2D eigenvalue weighted by Gasteiger charge is -2.26. The molecule has 1 aromatic heterocycles. The summed E-state index contributed by atoms with van der Waals surface area (Å²) in [6.07, 6.45) is 10.4. The summed E-state index contributed by atoms with van der Waals surface area (Å²) in [5.41, 5.74) is 1.59. The number of hydrogen-bond acceptors (Lipinski definition) is 5. The second kappa shape index (κ2) is 10.6. The van der Waals surface area contributed by atoms with Gasteiger partial charge in [0.15, 0.2) is 0 Å². The molecule has 0 unspecified atom stereocenters. The molecule has 6 heteroatoms. The molecule has 1 amide bonds.